The Labute approximate surface area is 103 Å². The molecule has 0 fully saturated rings. The molecule has 2 aromatic rings. The third-order valence-electron chi connectivity index (χ3n) is 2.08. The average molecular weight is 290 g/mol. The Morgan fingerprint density at radius 1 is 1.33 bits per heavy atom. The highest BCUT2D eigenvalue weighted by Crippen LogP contribution is 2.32. The van der Waals surface area contributed by atoms with Gasteiger partial charge in [-0.25, -0.2) is 0 Å². The molecule has 1 aromatic heterocycles. The molecule has 0 spiro atoms. The Morgan fingerprint density at radius 3 is 2.53 bits per heavy atom. The van der Waals surface area contributed by atoms with Gasteiger partial charge in [0.15, 0.2) is 0 Å². The van der Waals surface area contributed by atoms with Crippen molar-refractivity contribution < 1.29 is 0 Å². The number of benzene rings is 1. The molecule has 0 amide bonds. The van der Waals surface area contributed by atoms with E-state index in [-0.39, 0.29) is 0 Å². The summed E-state index contributed by atoms with van der Waals surface area (Å²) < 4.78 is 2.75. The second-order valence-electron chi connectivity index (χ2n) is 2.96. The van der Waals surface area contributed by atoms with E-state index in [9.17, 15) is 0 Å². The first-order valence-electron chi connectivity index (χ1n) is 4.88. The summed E-state index contributed by atoms with van der Waals surface area (Å²) in [6.45, 7) is 5.96. The van der Waals surface area contributed by atoms with Gasteiger partial charge in [0.05, 0.1) is 16.2 Å². The maximum absolute atomic E-state index is 6.14. The number of hydrogen-bond acceptors (Lipinski definition) is 1. The molecule has 2 nitrogen and oxygen atoms in total. The molecular formula is C11H14BrClN2. The number of hydrogen-bond donors (Lipinski definition) is 0. The van der Waals surface area contributed by atoms with Crippen LogP contribution in [0.1, 0.15) is 19.5 Å². The van der Waals surface area contributed by atoms with E-state index in [1.807, 2.05) is 44.6 Å². The summed E-state index contributed by atoms with van der Waals surface area (Å²) in [6, 6.07) is 3.94. The Kier molecular flexibility index (Phi) is 4.17. The number of fused-ring (bicyclic) bond motifs is 1. The van der Waals surface area contributed by atoms with E-state index in [0.29, 0.717) is 0 Å². The van der Waals surface area contributed by atoms with Gasteiger partial charge in [0.1, 0.15) is 0 Å². The molecule has 2 rings (SSSR count). The molecule has 0 unspecified atom stereocenters. The van der Waals surface area contributed by atoms with E-state index >= 15 is 0 Å². The summed E-state index contributed by atoms with van der Waals surface area (Å²) >= 11 is 9.54. The van der Waals surface area contributed by atoms with Crippen LogP contribution in [0.5, 0.6) is 0 Å². The van der Waals surface area contributed by atoms with E-state index in [4.69, 9.17) is 11.6 Å². The smallest absolute Gasteiger partial charge is 0.0697 e. The van der Waals surface area contributed by atoms with Gasteiger partial charge in [-0.05, 0) is 35.0 Å². The average Bonchev–Trinajstić information content (AvgIpc) is 2.51. The first-order valence-corrected chi connectivity index (χ1v) is 6.05. The third kappa shape index (κ3) is 2.18. The lowest BCUT2D eigenvalue weighted by molar-refractivity contribution is 0.783. The van der Waals surface area contributed by atoms with Crippen LogP contribution in [0, 0.1) is 6.92 Å². The summed E-state index contributed by atoms with van der Waals surface area (Å²) in [5.74, 6) is 0. The number of halogens is 2. The molecular weight excluding hydrogens is 275 g/mol. The summed E-state index contributed by atoms with van der Waals surface area (Å²) in [4.78, 5) is 0. The molecule has 0 saturated carbocycles. The Morgan fingerprint density at radius 2 is 1.93 bits per heavy atom. The van der Waals surface area contributed by atoms with Crippen molar-refractivity contribution in [3.8, 4) is 0 Å². The van der Waals surface area contributed by atoms with Crippen molar-refractivity contribution in [3.63, 3.8) is 0 Å². The predicted octanol–water partition coefficient (Wildman–Crippen LogP) is 4.32. The fraction of sp³-hybridized carbons (Fsp3) is 0.364. The summed E-state index contributed by atoms with van der Waals surface area (Å²) in [7, 11) is 1.92. The van der Waals surface area contributed by atoms with Gasteiger partial charge in [-0.1, -0.05) is 25.4 Å². The molecule has 0 atom stereocenters. The first kappa shape index (κ1) is 12.5. The predicted molar refractivity (Wildman–Crippen MR) is 69.5 cm³/mol. The zero-order valence-electron chi connectivity index (χ0n) is 9.31. The van der Waals surface area contributed by atoms with Crippen molar-refractivity contribution in [2.75, 3.05) is 0 Å². The molecule has 15 heavy (non-hydrogen) atoms. The van der Waals surface area contributed by atoms with Crippen LogP contribution in [0.25, 0.3) is 10.9 Å². The Balaban J connectivity index is 0.000000531. The molecule has 0 N–H and O–H groups in total. The highest BCUT2D eigenvalue weighted by atomic mass is 79.9. The van der Waals surface area contributed by atoms with Crippen LogP contribution in [-0.4, -0.2) is 9.78 Å². The molecule has 0 radical (unpaired) electrons. The normalized spacial score (nSPS) is 10.0. The van der Waals surface area contributed by atoms with Crippen LogP contribution in [0.2, 0.25) is 5.02 Å². The summed E-state index contributed by atoms with van der Waals surface area (Å²) in [5.41, 5.74) is 2.02. The summed E-state index contributed by atoms with van der Waals surface area (Å²) in [5, 5.41) is 6.07. The maximum atomic E-state index is 6.14. The second-order valence-corrected chi connectivity index (χ2v) is 4.20. The van der Waals surface area contributed by atoms with Gasteiger partial charge in [-0.15, -0.1) is 0 Å². The standard InChI is InChI=1S/C9H8BrClN2.C2H6/c1-5-8-7(13(2)12-5)4-3-6(10)9(8)11;1-2/h3-4H,1-2H3;1-2H3. The highest BCUT2D eigenvalue weighted by Gasteiger charge is 2.10. The lowest BCUT2D eigenvalue weighted by Gasteiger charge is -1.98. The zero-order valence-corrected chi connectivity index (χ0v) is 11.6. The quantitative estimate of drug-likeness (QED) is 0.706. The first-order chi connectivity index (χ1) is 7.11. The molecule has 0 aliphatic carbocycles. The van der Waals surface area contributed by atoms with Crippen molar-refractivity contribution in [2.45, 2.75) is 20.8 Å². The van der Waals surface area contributed by atoms with Crippen molar-refractivity contribution in [2.24, 2.45) is 7.05 Å². The zero-order chi connectivity index (χ0) is 11.6. The number of aromatic nitrogens is 2. The SMILES string of the molecule is CC.Cc1nn(C)c2ccc(Br)c(Cl)c12. The van der Waals surface area contributed by atoms with Crippen molar-refractivity contribution in [1.82, 2.24) is 9.78 Å². The molecule has 4 heteroatoms. The fourth-order valence-electron chi connectivity index (χ4n) is 1.48. The molecule has 1 aromatic carbocycles. The van der Waals surface area contributed by atoms with Gasteiger partial charge in [0, 0.05) is 16.9 Å². The van der Waals surface area contributed by atoms with Gasteiger partial charge in [0.2, 0.25) is 0 Å². The summed E-state index contributed by atoms with van der Waals surface area (Å²) in [6.07, 6.45) is 0. The van der Waals surface area contributed by atoms with Crippen molar-refractivity contribution in [3.05, 3.63) is 27.3 Å². The number of rotatable bonds is 0. The Bertz CT molecular complexity index is 477. The molecule has 82 valence electrons. The lowest BCUT2D eigenvalue weighted by Crippen LogP contribution is -1.88. The highest BCUT2D eigenvalue weighted by molar-refractivity contribution is 9.10. The lowest BCUT2D eigenvalue weighted by atomic mass is 10.2. The minimum Gasteiger partial charge on any atom is -0.268 e. The molecule has 1 heterocycles. The monoisotopic (exact) mass is 288 g/mol. The minimum atomic E-state index is 0.739. The van der Waals surface area contributed by atoms with Crippen molar-refractivity contribution in [1.29, 1.82) is 0 Å². The molecule has 0 bridgehead atoms. The largest absolute Gasteiger partial charge is 0.268 e. The van der Waals surface area contributed by atoms with E-state index in [2.05, 4.69) is 21.0 Å². The van der Waals surface area contributed by atoms with Gasteiger partial charge in [0.25, 0.3) is 0 Å². The third-order valence-corrected chi connectivity index (χ3v) is 3.36. The van der Waals surface area contributed by atoms with Gasteiger partial charge in [-0.2, -0.15) is 5.10 Å². The van der Waals surface area contributed by atoms with Crippen LogP contribution in [0.4, 0.5) is 0 Å². The Hall–Kier alpha value is -0.540. The van der Waals surface area contributed by atoms with Crippen molar-refractivity contribution >= 4 is 38.4 Å². The van der Waals surface area contributed by atoms with Crippen LogP contribution in [0.15, 0.2) is 16.6 Å². The van der Waals surface area contributed by atoms with Gasteiger partial charge < -0.3 is 0 Å². The number of nitrogens with zero attached hydrogens (tertiary/aromatic N) is 2. The van der Waals surface area contributed by atoms with Gasteiger partial charge >= 0.3 is 0 Å². The van der Waals surface area contributed by atoms with E-state index in [1.54, 1.807) is 0 Å². The molecule has 0 saturated heterocycles. The number of aryl methyl sites for hydroxylation is 2. The maximum Gasteiger partial charge on any atom is 0.0697 e. The van der Waals surface area contributed by atoms with Gasteiger partial charge in [-0.3, -0.25) is 4.68 Å². The van der Waals surface area contributed by atoms with E-state index in [1.165, 1.54) is 0 Å². The van der Waals surface area contributed by atoms with Crippen LogP contribution < -0.4 is 0 Å². The van der Waals surface area contributed by atoms with E-state index in [0.717, 1.165) is 26.1 Å². The molecule has 0 aliphatic heterocycles. The fourth-order valence-corrected chi connectivity index (χ4v) is 2.11. The topological polar surface area (TPSA) is 17.8 Å². The molecule has 0 aliphatic rings. The minimum absolute atomic E-state index is 0.739. The van der Waals surface area contributed by atoms with E-state index < -0.39 is 0 Å². The van der Waals surface area contributed by atoms with Crippen LogP contribution in [0.3, 0.4) is 0 Å². The second kappa shape index (κ2) is 4.99. The van der Waals surface area contributed by atoms with Crippen LogP contribution in [-0.2, 0) is 7.05 Å². The van der Waals surface area contributed by atoms with Crippen LogP contribution >= 0.6 is 27.5 Å².